The van der Waals surface area contributed by atoms with E-state index in [9.17, 15) is 19.2 Å². The predicted octanol–water partition coefficient (Wildman–Crippen LogP) is 2.86. The van der Waals surface area contributed by atoms with Crippen LogP contribution in [0.25, 0.3) is 17.3 Å². The van der Waals surface area contributed by atoms with Gasteiger partial charge in [-0.1, -0.05) is 32.9 Å². The maximum absolute atomic E-state index is 14.2. The van der Waals surface area contributed by atoms with Crippen LogP contribution >= 0.6 is 11.3 Å². The molecule has 0 atom stereocenters. The molecule has 152 valence electrons. The van der Waals surface area contributed by atoms with E-state index in [0.717, 1.165) is 11.3 Å². The molecular weight excluding hydrogens is 401 g/mol. The number of hydrogen-bond acceptors (Lipinski definition) is 5. The van der Waals surface area contributed by atoms with Gasteiger partial charge in [0.1, 0.15) is 22.1 Å². The Morgan fingerprint density at radius 3 is 2.57 bits per heavy atom. The van der Waals surface area contributed by atoms with Gasteiger partial charge in [-0.3, -0.25) is 19.1 Å². The lowest BCUT2D eigenvalue weighted by atomic mass is 9.87. The zero-order valence-corrected chi connectivity index (χ0v) is 17.9. The Labute approximate surface area is 177 Å². The monoisotopic (exact) mass is 421 g/mol. The number of halogens is 1. The first-order valence-electron chi connectivity index (χ1n) is 9.24. The van der Waals surface area contributed by atoms with Gasteiger partial charge in [0.2, 0.25) is 0 Å². The first kappa shape index (κ1) is 21.3. The van der Waals surface area contributed by atoms with Crippen molar-refractivity contribution < 1.29 is 9.18 Å². The average molecular weight is 421 g/mol. The molecule has 0 spiro atoms. The Hall–Kier alpha value is -3.37. The van der Waals surface area contributed by atoms with Gasteiger partial charge in [0.25, 0.3) is 5.56 Å². The van der Waals surface area contributed by atoms with Gasteiger partial charge in [-0.15, -0.1) is 11.3 Å². The molecule has 0 radical (unpaired) electrons. The molecule has 5 nitrogen and oxygen atoms in total. The van der Waals surface area contributed by atoms with Crippen LogP contribution in [0.5, 0.6) is 0 Å². The Kier molecular flexibility index (Phi) is 5.81. The summed E-state index contributed by atoms with van der Waals surface area (Å²) in [5.41, 5.74) is -0.155. The number of carbonyl (C=O) groups is 1. The van der Waals surface area contributed by atoms with Crippen LogP contribution < -0.4 is 14.8 Å². The van der Waals surface area contributed by atoms with Crippen molar-refractivity contribution in [3.8, 4) is 11.8 Å². The number of benzene rings is 1. The van der Waals surface area contributed by atoms with Gasteiger partial charge in [-0.05, 0) is 42.8 Å². The summed E-state index contributed by atoms with van der Waals surface area (Å²) in [5, 5.41) is 9.76. The van der Waals surface area contributed by atoms with Crippen molar-refractivity contribution in [2.75, 3.05) is 0 Å². The van der Waals surface area contributed by atoms with Crippen molar-refractivity contribution in [1.29, 1.82) is 5.26 Å². The SMILES string of the molecule is Cc1ccc(-n2c(=C(C#N)C(=O)C(C)(C)C)sc(=Cc3ccccn3)c2=O)cc1F. The van der Waals surface area contributed by atoms with Crippen molar-refractivity contribution in [2.24, 2.45) is 5.41 Å². The number of hydrogen-bond donors (Lipinski definition) is 0. The summed E-state index contributed by atoms with van der Waals surface area (Å²) in [6.45, 7) is 6.73. The highest BCUT2D eigenvalue weighted by atomic mass is 32.1. The molecule has 0 aliphatic heterocycles. The second-order valence-electron chi connectivity index (χ2n) is 7.81. The van der Waals surface area contributed by atoms with Crippen molar-refractivity contribution in [2.45, 2.75) is 27.7 Å². The second-order valence-corrected chi connectivity index (χ2v) is 8.84. The number of aryl methyl sites for hydroxylation is 1. The molecule has 0 saturated carbocycles. The van der Waals surface area contributed by atoms with E-state index < -0.39 is 22.6 Å². The van der Waals surface area contributed by atoms with Crippen LogP contribution in [0, 0.1) is 29.5 Å². The van der Waals surface area contributed by atoms with E-state index in [0.29, 0.717) is 15.8 Å². The largest absolute Gasteiger partial charge is 0.293 e. The number of rotatable bonds is 3. The summed E-state index contributed by atoms with van der Waals surface area (Å²) < 4.78 is 15.9. The molecule has 0 fully saturated rings. The van der Waals surface area contributed by atoms with Gasteiger partial charge in [0.15, 0.2) is 5.78 Å². The first-order valence-corrected chi connectivity index (χ1v) is 10.1. The summed E-state index contributed by atoms with van der Waals surface area (Å²) in [7, 11) is 0. The number of nitriles is 1. The average Bonchev–Trinajstić information content (AvgIpc) is 3.00. The third-order valence-electron chi connectivity index (χ3n) is 4.44. The molecule has 7 heteroatoms. The van der Waals surface area contributed by atoms with E-state index in [1.807, 2.05) is 6.07 Å². The fourth-order valence-electron chi connectivity index (χ4n) is 2.77. The fraction of sp³-hybridized carbons (Fsp3) is 0.217. The van der Waals surface area contributed by atoms with Crippen molar-refractivity contribution >= 4 is 28.8 Å². The highest BCUT2D eigenvalue weighted by molar-refractivity contribution is 7.07. The molecule has 0 aliphatic rings. The van der Waals surface area contributed by atoms with E-state index in [1.165, 1.54) is 10.6 Å². The topological polar surface area (TPSA) is 75.8 Å². The molecule has 3 rings (SSSR count). The summed E-state index contributed by atoms with van der Waals surface area (Å²) in [6, 6.07) is 11.6. The number of Topliss-reactive ketones (excluding diaryl/α,β-unsaturated/α-hetero) is 1. The van der Waals surface area contributed by atoms with Crippen LogP contribution in [-0.4, -0.2) is 15.3 Å². The van der Waals surface area contributed by atoms with E-state index in [2.05, 4.69) is 4.98 Å². The summed E-state index contributed by atoms with van der Waals surface area (Å²) >= 11 is 1.02. The van der Waals surface area contributed by atoms with Crippen LogP contribution in [0.4, 0.5) is 4.39 Å². The molecule has 0 aliphatic carbocycles. The van der Waals surface area contributed by atoms with Gasteiger partial charge in [-0.25, -0.2) is 4.39 Å². The Bertz CT molecular complexity index is 1340. The van der Waals surface area contributed by atoms with Crippen LogP contribution in [0.1, 0.15) is 32.0 Å². The third-order valence-corrected chi connectivity index (χ3v) is 5.53. The van der Waals surface area contributed by atoms with Crippen molar-refractivity contribution in [1.82, 2.24) is 9.55 Å². The predicted molar refractivity (Wildman–Crippen MR) is 115 cm³/mol. The quantitative estimate of drug-likeness (QED) is 0.652. The zero-order chi connectivity index (χ0) is 22.1. The summed E-state index contributed by atoms with van der Waals surface area (Å²) in [4.78, 5) is 30.4. The lowest BCUT2D eigenvalue weighted by molar-refractivity contribution is -0.120. The van der Waals surface area contributed by atoms with Gasteiger partial charge in [0, 0.05) is 11.6 Å². The molecular formula is C23H20FN3O2S. The molecule has 2 heterocycles. The van der Waals surface area contributed by atoms with Gasteiger partial charge in [0.05, 0.1) is 15.9 Å². The number of aromatic nitrogens is 2. The third kappa shape index (κ3) is 4.14. The van der Waals surface area contributed by atoms with Gasteiger partial charge in [-0.2, -0.15) is 5.26 Å². The zero-order valence-electron chi connectivity index (χ0n) is 17.1. The maximum atomic E-state index is 14.2. The minimum atomic E-state index is -0.820. The Morgan fingerprint density at radius 2 is 2.00 bits per heavy atom. The molecule has 0 bridgehead atoms. The number of nitrogens with zero attached hydrogens (tertiary/aromatic N) is 3. The first-order chi connectivity index (χ1) is 14.1. The van der Waals surface area contributed by atoms with Gasteiger partial charge >= 0.3 is 0 Å². The highest BCUT2D eigenvalue weighted by Gasteiger charge is 2.27. The standard InChI is InChI=1S/C23H20FN3O2S/c1-14-8-9-16(12-18(14)24)27-21(29)19(11-15-7-5-6-10-26-15)30-22(27)17(13-25)20(28)23(2,3)4/h5-12H,1-4H3. The van der Waals surface area contributed by atoms with Crippen molar-refractivity contribution in [3.63, 3.8) is 0 Å². The van der Waals surface area contributed by atoms with E-state index in [-0.39, 0.29) is 15.9 Å². The molecule has 2 aromatic heterocycles. The summed E-state index contributed by atoms with van der Waals surface area (Å²) in [6.07, 6.45) is 3.19. The van der Waals surface area contributed by atoms with E-state index in [4.69, 9.17) is 0 Å². The van der Waals surface area contributed by atoms with Crippen LogP contribution in [-0.2, 0) is 4.79 Å². The smallest absolute Gasteiger partial charge is 0.273 e. The normalized spacial score (nSPS) is 13.1. The fourth-order valence-corrected chi connectivity index (χ4v) is 3.86. The van der Waals surface area contributed by atoms with Crippen LogP contribution in [0.3, 0.4) is 0 Å². The number of thiazole rings is 1. The molecule has 1 aromatic carbocycles. The van der Waals surface area contributed by atoms with E-state index in [1.54, 1.807) is 70.3 Å². The summed E-state index contributed by atoms with van der Waals surface area (Å²) in [5.74, 6) is -0.871. The van der Waals surface area contributed by atoms with Crippen LogP contribution in [0.15, 0.2) is 47.4 Å². The van der Waals surface area contributed by atoms with Crippen molar-refractivity contribution in [3.05, 3.63) is 79.2 Å². The Balaban J connectivity index is 2.46. The number of ketones is 1. The second kappa shape index (κ2) is 8.17. The number of pyridine rings is 1. The minimum Gasteiger partial charge on any atom is -0.293 e. The molecule has 0 unspecified atom stereocenters. The molecule has 3 aromatic rings. The Morgan fingerprint density at radius 1 is 1.27 bits per heavy atom. The number of carbonyl (C=O) groups excluding carboxylic acids is 1. The van der Waals surface area contributed by atoms with E-state index >= 15 is 0 Å². The lowest BCUT2D eigenvalue weighted by Gasteiger charge is -2.15. The van der Waals surface area contributed by atoms with Crippen LogP contribution in [0.2, 0.25) is 0 Å². The highest BCUT2D eigenvalue weighted by Crippen LogP contribution is 2.20. The molecule has 0 saturated heterocycles. The van der Waals surface area contributed by atoms with Gasteiger partial charge < -0.3 is 0 Å². The molecule has 0 N–H and O–H groups in total. The molecule has 0 amide bonds. The minimum absolute atomic E-state index is 0.133. The maximum Gasteiger partial charge on any atom is 0.273 e. The lowest BCUT2D eigenvalue weighted by Crippen LogP contribution is -2.33. The molecule has 30 heavy (non-hydrogen) atoms.